The van der Waals surface area contributed by atoms with Crippen molar-refractivity contribution in [2.24, 2.45) is 50.7 Å². The van der Waals surface area contributed by atoms with Gasteiger partial charge in [0, 0.05) is 12.3 Å². The minimum Gasteiger partial charge on any atom is -0.462 e. The van der Waals surface area contributed by atoms with E-state index in [2.05, 4.69) is 54.5 Å². The fraction of sp³-hybridized carbons (Fsp3) is 0.906. The molecule has 0 radical (unpaired) electrons. The number of carbonyl (C=O) groups is 1. The Kier molecular flexibility index (Phi) is 5.96. The summed E-state index contributed by atoms with van der Waals surface area (Å²) in [5.74, 6) is 2.44. The van der Waals surface area contributed by atoms with Gasteiger partial charge >= 0.3 is 5.97 Å². The van der Waals surface area contributed by atoms with Crippen LogP contribution in [0.3, 0.4) is 0 Å². The number of hydrogen-bond acceptors (Lipinski definition) is 3. The van der Waals surface area contributed by atoms with Gasteiger partial charge in [0.15, 0.2) is 0 Å². The van der Waals surface area contributed by atoms with Gasteiger partial charge in [0.25, 0.3) is 0 Å². The molecule has 0 aromatic carbocycles. The molecule has 3 nitrogen and oxygen atoms in total. The van der Waals surface area contributed by atoms with E-state index in [1.165, 1.54) is 44.9 Å². The van der Waals surface area contributed by atoms with Crippen LogP contribution >= 0.6 is 0 Å². The smallest absolute Gasteiger partial charge is 0.302 e. The molecule has 4 saturated carbocycles. The molecule has 198 valence electrons. The lowest BCUT2D eigenvalue weighted by Crippen LogP contribution is -2.59. The summed E-state index contributed by atoms with van der Waals surface area (Å²) in [4.78, 5) is 11.9. The van der Waals surface area contributed by atoms with E-state index >= 15 is 0 Å². The SMILES string of the molecule is CC(=O)O[C@H]1CC[C@@]2(C)C(CC[C@@]3(C)CC4=CC[C@H]5C(C)(C)[C@H](O)CCC5(C)[C@H]4CCC32)C1(C)C. The zero-order valence-corrected chi connectivity index (χ0v) is 23.9. The average molecular weight is 485 g/mol. The van der Waals surface area contributed by atoms with E-state index in [1.54, 1.807) is 12.5 Å². The van der Waals surface area contributed by atoms with Crippen molar-refractivity contribution in [2.75, 3.05) is 0 Å². The number of ether oxygens (including phenoxy) is 1. The summed E-state index contributed by atoms with van der Waals surface area (Å²) >= 11 is 0. The maximum atomic E-state index is 11.9. The van der Waals surface area contributed by atoms with Crippen LogP contribution in [0.5, 0.6) is 0 Å². The molecule has 3 heteroatoms. The molecule has 0 aliphatic heterocycles. The number of allylic oxidation sites excluding steroid dienone is 2. The molecular formula is C32H52O3. The number of carbonyl (C=O) groups excluding carboxylic acids is 1. The predicted octanol–water partition coefficient (Wildman–Crippen LogP) is 7.71. The van der Waals surface area contributed by atoms with Gasteiger partial charge in [-0.2, -0.15) is 0 Å². The van der Waals surface area contributed by atoms with E-state index < -0.39 is 0 Å². The van der Waals surface area contributed by atoms with Crippen LogP contribution in [0.4, 0.5) is 0 Å². The van der Waals surface area contributed by atoms with E-state index in [-0.39, 0.29) is 29.0 Å². The van der Waals surface area contributed by atoms with Gasteiger partial charge in [-0.1, -0.05) is 60.1 Å². The first-order valence-corrected chi connectivity index (χ1v) is 14.7. The summed E-state index contributed by atoms with van der Waals surface area (Å²) in [5.41, 5.74) is 2.76. The highest BCUT2D eigenvalue weighted by Crippen LogP contribution is 2.70. The summed E-state index contributed by atoms with van der Waals surface area (Å²) in [7, 11) is 0. The third kappa shape index (κ3) is 3.63. The van der Waals surface area contributed by atoms with Crippen LogP contribution in [0.25, 0.3) is 0 Å². The third-order valence-corrected chi connectivity index (χ3v) is 13.1. The van der Waals surface area contributed by atoms with E-state index in [1.807, 2.05) is 0 Å². The van der Waals surface area contributed by atoms with Crippen LogP contribution in [-0.2, 0) is 9.53 Å². The normalized spacial score (nSPS) is 50.4. The molecule has 0 amide bonds. The second kappa shape index (κ2) is 8.08. The van der Waals surface area contributed by atoms with E-state index in [4.69, 9.17) is 4.74 Å². The van der Waals surface area contributed by atoms with Gasteiger partial charge in [-0.05, 0) is 110 Å². The van der Waals surface area contributed by atoms with Gasteiger partial charge < -0.3 is 9.84 Å². The molecule has 9 atom stereocenters. The Morgan fingerprint density at radius 2 is 1.51 bits per heavy atom. The zero-order valence-electron chi connectivity index (χ0n) is 23.9. The van der Waals surface area contributed by atoms with Crippen molar-refractivity contribution in [1.29, 1.82) is 0 Å². The molecule has 1 N–H and O–H groups in total. The van der Waals surface area contributed by atoms with Gasteiger partial charge in [-0.25, -0.2) is 0 Å². The molecule has 0 heterocycles. The van der Waals surface area contributed by atoms with Crippen LogP contribution in [0.2, 0.25) is 0 Å². The minimum absolute atomic E-state index is 0.00576. The molecule has 0 bridgehead atoms. The molecule has 0 aromatic rings. The standard InChI is InChI=1S/C32H52O3/c1-20(33)35-27-15-18-32(8)24(29(27,4)5)13-16-30(6)19-21-9-11-23-28(2,3)26(34)14-17-31(23,7)22(21)10-12-25(30)32/h9,22-27,34H,10-19H2,1-8H3/t22-,23-,24?,25?,26+,27-,30-,31?,32-/m0/s1. The lowest BCUT2D eigenvalue weighted by molar-refractivity contribution is -0.191. The van der Waals surface area contributed by atoms with E-state index in [0.29, 0.717) is 34.0 Å². The lowest BCUT2D eigenvalue weighted by Gasteiger charge is -2.64. The summed E-state index contributed by atoms with van der Waals surface area (Å²) in [6.07, 6.45) is 14.4. The van der Waals surface area contributed by atoms with Crippen LogP contribution in [-0.4, -0.2) is 23.3 Å². The molecule has 0 spiro atoms. The van der Waals surface area contributed by atoms with E-state index in [9.17, 15) is 9.90 Å². The molecule has 3 unspecified atom stereocenters. The van der Waals surface area contributed by atoms with Gasteiger partial charge in [0.1, 0.15) is 6.10 Å². The summed E-state index contributed by atoms with van der Waals surface area (Å²) < 4.78 is 5.90. The monoisotopic (exact) mass is 484 g/mol. The Hall–Kier alpha value is -0.830. The summed E-state index contributed by atoms with van der Waals surface area (Å²) in [5, 5.41) is 10.9. The highest BCUT2D eigenvalue weighted by molar-refractivity contribution is 5.66. The molecule has 5 rings (SSSR count). The fourth-order valence-corrected chi connectivity index (χ4v) is 11.3. The second-order valence-electron chi connectivity index (χ2n) is 15.5. The zero-order chi connectivity index (χ0) is 25.6. The fourth-order valence-electron chi connectivity index (χ4n) is 11.3. The highest BCUT2D eigenvalue weighted by atomic mass is 16.5. The number of aliphatic hydroxyl groups excluding tert-OH is 1. The number of fused-ring (bicyclic) bond motifs is 6. The van der Waals surface area contributed by atoms with E-state index in [0.717, 1.165) is 25.2 Å². The van der Waals surface area contributed by atoms with Crippen LogP contribution < -0.4 is 0 Å². The highest BCUT2D eigenvalue weighted by Gasteiger charge is 2.63. The Morgan fingerprint density at radius 3 is 2.20 bits per heavy atom. The molecule has 5 aliphatic rings. The predicted molar refractivity (Wildman–Crippen MR) is 142 cm³/mol. The Labute approximate surface area is 214 Å². The summed E-state index contributed by atoms with van der Waals surface area (Å²) in [6.45, 7) is 18.8. The van der Waals surface area contributed by atoms with Gasteiger partial charge in [0.2, 0.25) is 0 Å². The molecule has 0 saturated heterocycles. The van der Waals surface area contributed by atoms with Crippen molar-refractivity contribution in [3.63, 3.8) is 0 Å². The van der Waals surface area contributed by atoms with Crippen molar-refractivity contribution >= 4 is 5.97 Å². The first-order valence-electron chi connectivity index (χ1n) is 14.7. The largest absolute Gasteiger partial charge is 0.462 e. The molecule has 35 heavy (non-hydrogen) atoms. The molecule has 5 aliphatic carbocycles. The van der Waals surface area contributed by atoms with Gasteiger partial charge in [-0.3, -0.25) is 4.79 Å². The van der Waals surface area contributed by atoms with Crippen LogP contribution in [0.1, 0.15) is 120 Å². The van der Waals surface area contributed by atoms with Crippen molar-refractivity contribution in [2.45, 2.75) is 132 Å². The average Bonchev–Trinajstić information content (AvgIpc) is 2.90. The maximum absolute atomic E-state index is 11.9. The van der Waals surface area contributed by atoms with Crippen LogP contribution in [0, 0.1) is 50.7 Å². The first-order chi connectivity index (χ1) is 16.2. The second-order valence-corrected chi connectivity index (χ2v) is 15.5. The van der Waals surface area contributed by atoms with Gasteiger partial charge in [0.05, 0.1) is 6.10 Å². The summed E-state index contributed by atoms with van der Waals surface area (Å²) in [6, 6.07) is 0. The quantitative estimate of drug-likeness (QED) is 0.306. The molecule has 4 fully saturated rings. The van der Waals surface area contributed by atoms with Crippen molar-refractivity contribution in [3.05, 3.63) is 11.6 Å². The van der Waals surface area contributed by atoms with Crippen molar-refractivity contribution in [3.8, 4) is 0 Å². The van der Waals surface area contributed by atoms with Crippen molar-refractivity contribution in [1.82, 2.24) is 0 Å². The molecule has 0 aromatic heterocycles. The van der Waals surface area contributed by atoms with Crippen LogP contribution in [0.15, 0.2) is 11.6 Å². The topological polar surface area (TPSA) is 46.5 Å². The number of esters is 1. The number of aliphatic hydroxyl groups is 1. The molecular weight excluding hydrogens is 432 g/mol. The Balaban J connectivity index is 1.47. The first kappa shape index (κ1) is 25.8. The third-order valence-electron chi connectivity index (χ3n) is 13.1. The lowest BCUT2D eigenvalue weighted by atomic mass is 9.42. The maximum Gasteiger partial charge on any atom is 0.302 e. The van der Waals surface area contributed by atoms with Gasteiger partial charge in [-0.15, -0.1) is 0 Å². The minimum atomic E-state index is -0.171. The number of rotatable bonds is 1. The number of hydrogen-bond donors (Lipinski definition) is 1. The Bertz CT molecular complexity index is 900. The van der Waals surface area contributed by atoms with Crippen molar-refractivity contribution < 1.29 is 14.6 Å². The Morgan fingerprint density at radius 1 is 0.829 bits per heavy atom.